The number of nitrogens with one attached hydrogen (secondary N) is 1. The summed E-state index contributed by atoms with van der Waals surface area (Å²) in [4.78, 5) is 24.0. The molecule has 1 amide bonds. The molecule has 162 valence electrons. The van der Waals surface area contributed by atoms with E-state index in [2.05, 4.69) is 21.2 Å². The van der Waals surface area contributed by atoms with Gasteiger partial charge in [-0.15, -0.1) is 0 Å². The van der Waals surface area contributed by atoms with Gasteiger partial charge >= 0.3 is 0 Å². The minimum Gasteiger partial charge on any atom is -0.487 e. The molecule has 0 spiro atoms. The summed E-state index contributed by atoms with van der Waals surface area (Å²) in [7, 11) is 0. The Balaban J connectivity index is 1.81. The third-order valence-electron chi connectivity index (χ3n) is 4.53. The molecule has 0 radical (unpaired) electrons. The summed E-state index contributed by atoms with van der Waals surface area (Å²) in [6, 6.07) is 11.8. The van der Waals surface area contributed by atoms with Gasteiger partial charge in [0, 0.05) is 35.6 Å². The lowest BCUT2D eigenvalue weighted by Crippen LogP contribution is -2.25. The number of pyridine rings is 1. The number of aliphatic hydroxyl groups is 1. The van der Waals surface area contributed by atoms with Gasteiger partial charge in [0.25, 0.3) is 5.56 Å². The molecule has 1 heterocycles. The molecule has 2 N–H and O–H groups in total. The predicted molar refractivity (Wildman–Crippen MR) is 114 cm³/mol. The van der Waals surface area contributed by atoms with Crippen molar-refractivity contribution >= 4 is 21.8 Å². The van der Waals surface area contributed by atoms with Gasteiger partial charge in [0.1, 0.15) is 35.1 Å². The van der Waals surface area contributed by atoms with Gasteiger partial charge in [0.15, 0.2) is 0 Å². The van der Waals surface area contributed by atoms with Crippen molar-refractivity contribution in [3.05, 3.63) is 91.8 Å². The summed E-state index contributed by atoms with van der Waals surface area (Å²) in [5.41, 5.74) is 1.80. The summed E-state index contributed by atoms with van der Waals surface area (Å²) < 4.78 is 34.1. The van der Waals surface area contributed by atoms with E-state index in [1.54, 1.807) is 37.3 Å². The molecular weight excluding hydrogens is 474 g/mol. The summed E-state index contributed by atoms with van der Waals surface area (Å²) >= 11 is 3.25. The van der Waals surface area contributed by atoms with Crippen LogP contribution in [0.3, 0.4) is 0 Å². The Morgan fingerprint density at radius 3 is 2.52 bits per heavy atom. The Kier molecular flexibility index (Phi) is 7.19. The summed E-state index contributed by atoms with van der Waals surface area (Å²) in [5, 5.41) is 11.3. The number of hydrogen-bond acceptors (Lipinski definition) is 4. The number of rotatable bonds is 7. The van der Waals surface area contributed by atoms with Crippen LogP contribution in [-0.2, 0) is 17.9 Å². The summed E-state index contributed by atoms with van der Waals surface area (Å²) in [5.74, 6) is -1.64. The lowest BCUT2D eigenvalue weighted by atomic mass is 10.2. The highest BCUT2D eigenvalue weighted by Gasteiger charge is 2.14. The van der Waals surface area contributed by atoms with Crippen LogP contribution >= 0.6 is 15.9 Å². The van der Waals surface area contributed by atoms with E-state index in [0.717, 1.165) is 17.7 Å². The van der Waals surface area contributed by atoms with Crippen LogP contribution in [0, 0.1) is 18.6 Å². The first-order valence-corrected chi connectivity index (χ1v) is 10.0. The summed E-state index contributed by atoms with van der Waals surface area (Å²) in [6.45, 7) is 1.24. The monoisotopic (exact) mass is 492 g/mol. The van der Waals surface area contributed by atoms with E-state index in [9.17, 15) is 18.4 Å². The number of aromatic nitrogens is 1. The number of nitrogens with zero attached hydrogens (tertiary/aromatic N) is 1. The fourth-order valence-corrected chi connectivity index (χ4v) is 3.33. The van der Waals surface area contributed by atoms with Gasteiger partial charge in [-0.1, -0.05) is 12.1 Å². The molecule has 6 nitrogen and oxygen atoms in total. The first kappa shape index (κ1) is 22.6. The Bertz CT molecular complexity index is 1160. The van der Waals surface area contributed by atoms with Gasteiger partial charge in [-0.2, -0.15) is 0 Å². The highest BCUT2D eigenvalue weighted by atomic mass is 79.9. The summed E-state index contributed by atoms with van der Waals surface area (Å²) in [6.07, 6.45) is 0. The fourth-order valence-electron chi connectivity index (χ4n) is 2.92. The number of hydrogen-bond donors (Lipinski definition) is 2. The molecular formula is C22H19BrF2N2O4. The maximum atomic E-state index is 13.8. The molecule has 1 aromatic heterocycles. The maximum Gasteiger partial charge on any atom is 0.273 e. The normalized spacial score (nSPS) is 10.7. The highest BCUT2D eigenvalue weighted by molar-refractivity contribution is 9.10. The van der Waals surface area contributed by atoms with Crippen molar-refractivity contribution < 1.29 is 23.4 Å². The van der Waals surface area contributed by atoms with E-state index in [1.165, 1.54) is 10.6 Å². The molecule has 0 fully saturated rings. The van der Waals surface area contributed by atoms with Gasteiger partial charge in [-0.25, -0.2) is 8.78 Å². The molecule has 2 aromatic carbocycles. The Hall–Kier alpha value is -3.04. The average molecular weight is 493 g/mol. The number of carbonyl (C=O) groups is 1. The lowest BCUT2D eigenvalue weighted by molar-refractivity contribution is -0.123. The van der Waals surface area contributed by atoms with E-state index in [0.29, 0.717) is 11.4 Å². The zero-order valence-electron chi connectivity index (χ0n) is 16.5. The zero-order chi connectivity index (χ0) is 22.5. The van der Waals surface area contributed by atoms with Crippen LogP contribution in [0.25, 0.3) is 5.69 Å². The Morgan fingerprint density at radius 2 is 1.87 bits per heavy atom. The van der Waals surface area contributed by atoms with Crippen LogP contribution in [0.5, 0.6) is 5.75 Å². The van der Waals surface area contributed by atoms with Crippen molar-refractivity contribution in [3.8, 4) is 11.4 Å². The molecule has 0 unspecified atom stereocenters. The number of carbonyl (C=O) groups excluding carboxylic acids is 1. The number of aryl methyl sites for hydroxylation is 1. The van der Waals surface area contributed by atoms with Gasteiger partial charge in [0.05, 0.1) is 0 Å². The van der Waals surface area contributed by atoms with Gasteiger partial charge in [-0.3, -0.25) is 14.2 Å². The van der Waals surface area contributed by atoms with Crippen LogP contribution in [0.2, 0.25) is 0 Å². The molecule has 3 aromatic rings. The molecule has 9 heteroatoms. The SMILES string of the molecule is Cc1cc(OCc2ccc(F)cc2F)c(Br)c(=O)n1-c1ccc(CNC(=O)CO)cc1. The molecule has 0 saturated carbocycles. The molecule has 0 atom stereocenters. The zero-order valence-corrected chi connectivity index (χ0v) is 18.1. The van der Waals surface area contributed by atoms with Gasteiger partial charge < -0.3 is 15.2 Å². The van der Waals surface area contributed by atoms with Crippen LogP contribution in [-0.4, -0.2) is 22.2 Å². The first-order chi connectivity index (χ1) is 14.8. The molecule has 0 aliphatic carbocycles. The van der Waals surface area contributed by atoms with Gasteiger partial charge in [0.2, 0.25) is 5.91 Å². The smallest absolute Gasteiger partial charge is 0.273 e. The average Bonchev–Trinajstić information content (AvgIpc) is 2.75. The maximum absolute atomic E-state index is 13.8. The van der Waals surface area contributed by atoms with E-state index in [4.69, 9.17) is 9.84 Å². The minimum absolute atomic E-state index is 0.165. The quantitative estimate of drug-likeness (QED) is 0.529. The standard InChI is InChI=1S/C22H19BrF2N2O4/c1-13-8-19(31-12-15-4-5-16(24)9-18(15)25)21(23)22(30)27(13)17-6-2-14(3-7-17)10-26-20(29)11-28/h2-9,28H,10-12H2,1H3,(H,26,29). The topological polar surface area (TPSA) is 80.6 Å². The number of benzene rings is 2. The molecule has 31 heavy (non-hydrogen) atoms. The Morgan fingerprint density at radius 1 is 1.16 bits per heavy atom. The van der Waals surface area contributed by atoms with Crippen molar-refractivity contribution in [1.29, 1.82) is 0 Å². The first-order valence-electron chi connectivity index (χ1n) is 9.26. The van der Waals surface area contributed by atoms with Crippen molar-refractivity contribution in [2.45, 2.75) is 20.1 Å². The number of halogens is 3. The third kappa shape index (κ3) is 5.36. The van der Waals surface area contributed by atoms with Gasteiger partial charge in [-0.05, 0) is 52.7 Å². The largest absolute Gasteiger partial charge is 0.487 e. The second-order valence-corrected chi connectivity index (χ2v) is 7.52. The van der Waals surface area contributed by atoms with Crippen LogP contribution in [0.1, 0.15) is 16.8 Å². The molecule has 0 saturated heterocycles. The second-order valence-electron chi connectivity index (χ2n) is 6.73. The van der Waals surface area contributed by atoms with E-state index in [-0.39, 0.29) is 34.5 Å². The second kappa shape index (κ2) is 9.84. The third-order valence-corrected chi connectivity index (χ3v) is 5.26. The lowest BCUT2D eigenvalue weighted by Gasteiger charge is -2.15. The number of ether oxygens (including phenoxy) is 1. The van der Waals surface area contributed by atoms with Crippen LogP contribution < -0.4 is 15.6 Å². The number of aliphatic hydroxyl groups excluding tert-OH is 1. The highest BCUT2D eigenvalue weighted by Crippen LogP contribution is 2.25. The van der Waals surface area contributed by atoms with Crippen molar-refractivity contribution in [2.75, 3.05) is 6.61 Å². The van der Waals surface area contributed by atoms with E-state index in [1.807, 2.05) is 0 Å². The Labute approximate surface area is 185 Å². The van der Waals surface area contributed by atoms with Crippen molar-refractivity contribution in [3.63, 3.8) is 0 Å². The predicted octanol–water partition coefficient (Wildman–Crippen LogP) is 3.37. The fraction of sp³-hybridized carbons (Fsp3) is 0.182. The van der Waals surface area contributed by atoms with Crippen LogP contribution in [0.15, 0.2) is 57.8 Å². The molecule has 0 aliphatic heterocycles. The van der Waals surface area contributed by atoms with E-state index >= 15 is 0 Å². The van der Waals surface area contributed by atoms with E-state index < -0.39 is 24.1 Å². The van der Waals surface area contributed by atoms with Crippen molar-refractivity contribution in [2.24, 2.45) is 0 Å². The molecule has 0 bridgehead atoms. The molecule has 0 aliphatic rings. The minimum atomic E-state index is -0.726. The number of amides is 1. The molecule has 3 rings (SSSR count). The van der Waals surface area contributed by atoms with Crippen LogP contribution in [0.4, 0.5) is 8.78 Å². The van der Waals surface area contributed by atoms with Crippen molar-refractivity contribution in [1.82, 2.24) is 9.88 Å².